The number of fused-ring (bicyclic) bond motifs is 1. The van der Waals surface area contributed by atoms with E-state index in [1.807, 2.05) is 13.2 Å². The van der Waals surface area contributed by atoms with E-state index in [1.165, 1.54) is 19.3 Å². The lowest BCUT2D eigenvalue weighted by atomic mass is 9.89. The predicted octanol–water partition coefficient (Wildman–Crippen LogP) is 2.66. The Morgan fingerprint density at radius 3 is 2.90 bits per heavy atom. The highest BCUT2D eigenvalue weighted by molar-refractivity contribution is 5.87. The number of nitrogens with one attached hydrogen (secondary N) is 2. The number of aromatic amines is 1. The maximum absolute atomic E-state index is 4.67. The molecule has 6 nitrogen and oxygen atoms in total. The molecule has 3 rings (SSSR count). The number of rotatable bonds is 3. The van der Waals surface area contributed by atoms with E-state index in [4.69, 9.17) is 0 Å². The third-order valence-corrected chi connectivity index (χ3v) is 4.53. The molecule has 0 aliphatic carbocycles. The summed E-state index contributed by atoms with van der Waals surface area (Å²) in [6, 6.07) is 0. The standard InChI is InChI=1S/C15H24N6/c1-10(2)11-5-4-7-21(8-6-11)14-12-9-17-20-13(12)18-15(16-3)19-14/h9-11H,4-8H2,1-3H3,(H2,16,17,18,19,20). The molecule has 0 amide bonds. The van der Waals surface area contributed by atoms with Crippen molar-refractivity contribution in [1.29, 1.82) is 0 Å². The number of H-pyrrole nitrogens is 1. The summed E-state index contributed by atoms with van der Waals surface area (Å²) < 4.78 is 0. The maximum Gasteiger partial charge on any atom is 0.226 e. The third kappa shape index (κ3) is 2.80. The van der Waals surface area contributed by atoms with Crippen LogP contribution in [0.25, 0.3) is 11.0 Å². The van der Waals surface area contributed by atoms with Crippen molar-refractivity contribution >= 4 is 22.8 Å². The molecule has 2 aromatic rings. The third-order valence-electron chi connectivity index (χ3n) is 4.53. The first-order valence-electron chi connectivity index (χ1n) is 7.83. The van der Waals surface area contributed by atoms with Crippen molar-refractivity contribution in [1.82, 2.24) is 20.2 Å². The van der Waals surface area contributed by atoms with Crippen LogP contribution in [0.2, 0.25) is 0 Å². The van der Waals surface area contributed by atoms with Crippen LogP contribution in [-0.4, -0.2) is 40.3 Å². The molecule has 6 heteroatoms. The van der Waals surface area contributed by atoms with Crippen molar-refractivity contribution in [2.45, 2.75) is 33.1 Å². The summed E-state index contributed by atoms with van der Waals surface area (Å²) in [6.07, 6.45) is 5.60. The van der Waals surface area contributed by atoms with Gasteiger partial charge in [-0.25, -0.2) is 0 Å². The average molecular weight is 288 g/mol. The van der Waals surface area contributed by atoms with Crippen LogP contribution in [0.4, 0.5) is 11.8 Å². The minimum atomic E-state index is 0.645. The van der Waals surface area contributed by atoms with E-state index in [0.717, 1.165) is 41.8 Å². The molecule has 0 radical (unpaired) electrons. The molecule has 0 spiro atoms. The van der Waals surface area contributed by atoms with Gasteiger partial charge in [-0.1, -0.05) is 13.8 Å². The molecular formula is C15H24N6. The molecule has 1 aliphatic heterocycles. The summed E-state index contributed by atoms with van der Waals surface area (Å²) in [5.74, 6) is 3.23. The number of hydrogen-bond acceptors (Lipinski definition) is 5. The van der Waals surface area contributed by atoms with Gasteiger partial charge in [0.2, 0.25) is 5.95 Å². The molecule has 1 fully saturated rings. The predicted molar refractivity (Wildman–Crippen MR) is 85.6 cm³/mol. The minimum Gasteiger partial charge on any atom is -0.357 e. The molecular weight excluding hydrogens is 264 g/mol. The SMILES string of the molecule is CNc1nc(N2CCCC(C(C)C)CC2)c2cn[nH]c2n1. The molecule has 1 unspecified atom stereocenters. The van der Waals surface area contributed by atoms with Crippen LogP contribution >= 0.6 is 0 Å². The van der Waals surface area contributed by atoms with Gasteiger partial charge >= 0.3 is 0 Å². The Morgan fingerprint density at radius 2 is 2.14 bits per heavy atom. The fourth-order valence-electron chi connectivity index (χ4n) is 3.17. The molecule has 1 atom stereocenters. The van der Waals surface area contributed by atoms with Gasteiger partial charge in [-0.05, 0) is 31.1 Å². The highest BCUT2D eigenvalue weighted by Gasteiger charge is 2.22. The van der Waals surface area contributed by atoms with Crippen LogP contribution in [0.3, 0.4) is 0 Å². The van der Waals surface area contributed by atoms with E-state index in [0.29, 0.717) is 5.95 Å². The van der Waals surface area contributed by atoms with Crippen molar-refractivity contribution in [3.8, 4) is 0 Å². The van der Waals surface area contributed by atoms with E-state index in [2.05, 4.69) is 44.2 Å². The lowest BCUT2D eigenvalue weighted by Gasteiger charge is -2.23. The zero-order chi connectivity index (χ0) is 14.8. The summed E-state index contributed by atoms with van der Waals surface area (Å²) in [6.45, 7) is 6.78. The van der Waals surface area contributed by atoms with Gasteiger partial charge in [-0.3, -0.25) is 5.10 Å². The fourth-order valence-corrected chi connectivity index (χ4v) is 3.17. The van der Waals surface area contributed by atoms with E-state index in [1.54, 1.807) is 0 Å². The Kier molecular flexibility index (Phi) is 3.94. The van der Waals surface area contributed by atoms with Crippen molar-refractivity contribution in [2.75, 3.05) is 30.4 Å². The van der Waals surface area contributed by atoms with Crippen molar-refractivity contribution in [3.63, 3.8) is 0 Å². The van der Waals surface area contributed by atoms with Crippen LogP contribution in [0.1, 0.15) is 33.1 Å². The Labute approximate surface area is 125 Å². The summed E-state index contributed by atoms with van der Waals surface area (Å²) in [4.78, 5) is 11.5. The van der Waals surface area contributed by atoms with E-state index in [9.17, 15) is 0 Å². The number of aromatic nitrogens is 4. The van der Waals surface area contributed by atoms with Crippen molar-refractivity contribution in [2.24, 2.45) is 11.8 Å². The van der Waals surface area contributed by atoms with E-state index >= 15 is 0 Å². The Morgan fingerprint density at radius 1 is 1.29 bits per heavy atom. The Balaban J connectivity index is 1.90. The monoisotopic (exact) mass is 288 g/mol. The second-order valence-electron chi connectivity index (χ2n) is 6.18. The average Bonchev–Trinajstić information content (AvgIpc) is 2.81. The minimum absolute atomic E-state index is 0.645. The lowest BCUT2D eigenvalue weighted by Crippen LogP contribution is -2.26. The van der Waals surface area contributed by atoms with Gasteiger partial charge in [0, 0.05) is 20.1 Å². The smallest absolute Gasteiger partial charge is 0.226 e. The maximum atomic E-state index is 4.67. The Hall–Kier alpha value is -1.85. The van der Waals surface area contributed by atoms with Gasteiger partial charge in [-0.2, -0.15) is 15.1 Å². The van der Waals surface area contributed by atoms with E-state index in [-0.39, 0.29) is 0 Å². The normalized spacial score (nSPS) is 20.0. The van der Waals surface area contributed by atoms with Gasteiger partial charge < -0.3 is 10.2 Å². The molecule has 1 aliphatic rings. The summed E-state index contributed by atoms with van der Waals surface area (Å²) >= 11 is 0. The highest BCUT2D eigenvalue weighted by Crippen LogP contribution is 2.29. The van der Waals surface area contributed by atoms with Gasteiger partial charge in [0.15, 0.2) is 5.65 Å². The number of anilines is 2. The van der Waals surface area contributed by atoms with Crippen LogP contribution in [0.5, 0.6) is 0 Å². The molecule has 0 bridgehead atoms. The second kappa shape index (κ2) is 5.87. The van der Waals surface area contributed by atoms with Gasteiger partial charge in [0.05, 0.1) is 11.6 Å². The molecule has 2 N–H and O–H groups in total. The molecule has 3 heterocycles. The first-order chi connectivity index (χ1) is 10.2. The van der Waals surface area contributed by atoms with Gasteiger partial charge in [-0.15, -0.1) is 0 Å². The molecule has 2 aromatic heterocycles. The van der Waals surface area contributed by atoms with Crippen LogP contribution < -0.4 is 10.2 Å². The highest BCUT2D eigenvalue weighted by atomic mass is 15.3. The van der Waals surface area contributed by atoms with Crippen molar-refractivity contribution < 1.29 is 0 Å². The molecule has 1 saturated heterocycles. The second-order valence-corrected chi connectivity index (χ2v) is 6.18. The fraction of sp³-hybridized carbons (Fsp3) is 0.667. The number of nitrogens with zero attached hydrogens (tertiary/aromatic N) is 4. The van der Waals surface area contributed by atoms with Crippen molar-refractivity contribution in [3.05, 3.63) is 6.20 Å². The zero-order valence-corrected chi connectivity index (χ0v) is 13.1. The summed E-state index contributed by atoms with van der Waals surface area (Å²) in [5, 5.41) is 11.1. The number of hydrogen-bond donors (Lipinski definition) is 2. The first kappa shape index (κ1) is 14.1. The molecule has 0 saturated carbocycles. The Bertz CT molecular complexity index is 605. The first-order valence-corrected chi connectivity index (χ1v) is 7.83. The lowest BCUT2D eigenvalue weighted by molar-refractivity contribution is 0.351. The largest absolute Gasteiger partial charge is 0.357 e. The van der Waals surface area contributed by atoms with Gasteiger partial charge in [0.1, 0.15) is 5.82 Å². The zero-order valence-electron chi connectivity index (χ0n) is 13.1. The molecule has 0 aromatic carbocycles. The summed E-state index contributed by atoms with van der Waals surface area (Å²) in [7, 11) is 1.85. The molecule has 21 heavy (non-hydrogen) atoms. The van der Waals surface area contributed by atoms with Crippen LogP contribution in [0, 0.1) is 11.8 Å². The van der Waals surface area contributed by atoms with E-state index < -0.39 is 0 Å². The summed E-state index contributed by atoms with van der Waals surface area (Å²) in [5.41, 5.74) is 0.800. The quantitative estimate of drug-likeness (QED) is 0.908. The van der Waals surface area contributed by atoms with Crippen LogP contribution in [-0.2, 0) is 0 Å². The van der Waals surface area contributed by atoms with Gasteiger partial charge in [0.25, 0.3) is 0 Å². The topological polar surface area (TPSA) is 69.7 Å². The van der Waals surface area contributed by atoms with Crippen LogP contribution in [0.15, 0.2) is 6.20 Å². The molecule has 114 valence electrons.